The van der Waals surface area contributed by atoms with Crippen molar-refractivity contribution in [1.29, 1.82) is 0 Å². The minimum absolute atomic E-state index is 0.0592. The van der Waals surface area contributed by atoms with Gasteiger partial charge in [0.2, 0.25) is 5.91 Å². The Morgan fingerprint density at radius 2 is 1.89 bits per heavy atom. The number of hydrogen-bond donors (Lipinski definition) is 4. The van der Waals surface area contributed by atoms with Crippen molar-refractivity contribution in [2.24, 2.45) is 0 Å². The van der Waals surface area contributed by atoms with Gasteiger partial charge in [-0.05, 0) is 70.9 Å². The highest BCUT2D eigenvalue weighted by molar-refractivity contribution is 9.10. The molecule has 35 heavy (non-hydrogen) atoms. The summed E-state index contributed by atoms with van der Waals surface area (Å²) in [5.41, 5.74) is 5.87. The number of hydrogen-bond acceptors (Lipinski definition) is 4. The lowest BCUT2D eigenvalue weighted by Crippen LogP contribution is -2.39. The van der Waals surface area contributed by atoms with Gasteiger partial charge in [0, 0.05) is 16.6 Å². The SMILES string of the molecule is O=C(O)CCCCC1=C(c2ccccc2)NC2=CCC(NC(=O)Cc3ccc(Cl)c(Br)c3)C=C2N1. The van der Waals surface area contributed by atoms with Gasteiger partial charge in [-0.15, -0.1) is 0 Å². The van der Waals surface area contributed by atoms with Crippen LogP contribution in [-0.2, 0) is 16.0 Å². The van der Waals surface area contributed by atoms with Gasteiger partial charge < -0.3 is 21.1 Å². The van der Waals surface area contributed by atoms with Crippen molar-refractivity contribution in [2.75, 3.05) is 0 Å². The summed E-state index contributed by atoms with van der Waals surface area (Å²) < 4.78 is 0.770. The fourth-order valence-electron chi connectivity index (χ4n) is 4.19. The summed E-state index contributed by atoms with van der Waals surface area (Å²) >= 11 is 9.45. The van der Waals surface area contributed by atoms with Crippen molar-refractivity contribution < 1.29 is 14.7 Å². The van der Waals surface area contributed by atoms with Gasteiger partial charge in [-0.2, -0.15) is 0 Å². The Morgan fingerprint density at radius 3 is 2.63 bits per heavy atom. The highest BCUT2D eigenvalue weighted by Gasteiger charge is 2.25. The molecule has 1 heterocycles. The number of fused-ring (bicyclic) bond motifs is 1. The van der Waals surface area contributed by atoms with Crippen LogP contribution in [-0.4, -0.2) is 23.0 Å². The maximum atomic E-state index is 12.7. The van der Waals surface area contributed by atoms with Crippen molar-refractivity contribution >= 4 is 45.1 Å². The van der Waals surface area contributed by atoms with Gasteiger partial charge in [0.25, 0.3) is 0 Å². The Labute approximate surface area is 218 Å². The lowest BCUT2D eigenvalue weighted by atomic mass is 9.97. The van der Waals surface area contributed by atoms with Crippen LogP contribution in [0.2, 0.25) is 5.02 Å². The number of unbranched alkanes of at least 4 members (excludes halogenated alkanes) is 1. The third-order valence-electron chi connectivity index (χ3n) is 5.91. The molecule has 8 heteroatoms. The molecule has 4 rings (SSSR count). The van der Waals surface area contributed by atoms with Crippen LogP contribution in [0.15, 0.2) is 82.2 Å². The first-order valence-corrected chi connectivity index (χ1v) is 12.8. The van der Waals surface area contributed by atoms with E-state index >= 15 is 0 Å². The molecule has 1 unspecified atom stereocenters. The number of rotatable bonds is 9. The zero-order chi connectivity index (χ0) is 24.8. The summed E-state index contributed by atoms with van der Waals surface area (Å²) in [6.45, 7) is 0. The van der Waals surface area contributed by atoms with Crippen molar-refractivity contribution in [2.45, 2.75) is 44.6 Å². The summed E-state index contributed by atoms with van der Waals surface area (Å²) in [6.07, 6.45) is 7.34. The summed E-state index contributed by atoms with van der Waals surface area (Å²) in [5, 5.41) is 19.8. The van der Waals surface area contributed by atoms with Gasteiger partial charge in [0.05, 0.1) is 34.6 Å². The third-order valence-corrected chi connectivity index (χ3v) is 7.12. The fraction of sp³-hybridized carbons (Fsp3) is 0.259. The molecular weight excluding hydrogens is 530 g/mol. The molecule has 2 aromatic carbocycles. The van der Waals surface area contributed by atoms with Crippen LogP contribution in [0, 0.1) is 0 Å². The van der Waals surface area contributed by atoms with Crippen LogP contribution in [0.25, 0.3) is 5.70 Å². The first-order valence-electron chi connectivity index (χ1n) is 11.6. The molecule has 4 N–H and O–H groups in total. The van der Waals surface area contributed by atoms with E-state index in [-0.39, 0.29) is 24.8 Å². The summed E-state index contributed by atoms with van der Waals surface area (Å²) in [7, 11) is 0. The molecule has 0 saturated carbocycles. The number of benzene rings is 2. The van der Waals surface area contributed by atoms with E-state index < -0.39 is 5.97 Å². The number of carboxylic acid groups (broad SMARTS) is 1. The van der Waals surface area contributed by atoms with E-state index in [0.29, 0.717) is 17.9 Å². The molecule has 0 spiro atoms. The van der Waals surface area contributed by atoms with Crippen LogP contribution in [0.5, 0.6) is 0 Å². The average molecular weight is 557 g/mol. The highest BCUT2D eigenvalue weighted by atomic mass is 79.9. The minimum Gasteiger partial charge on any atom is -0.481 e. The van der Waals surface area contributed by atoms with Crippen molar-refractivity contribution in [1.82, 2.24) is 16.0 Å². The number of carbonyl (C=O) groups excluding carboxylic acids is 1. The molecule has 0 aromatic heterocycles. The van der Waals surface area contributed by atoms with Crippen LogP contribution in [0.1, 0.15) is 43.2 Å². The maximum Gasteiger partial charge on any atom is 0.303 e. The van der Waals surface area contributed by atoms with E-state index in [2.05, 4.69) is 50.1 Å². The zero-order valence-corrected chi connectivity index (χ0v) is 21.5. The first kappa shape index (κ1) is 25.1. The van der Waals surface area contributed by atoms with Crippen LogP contribution >= 0.6 is 27.5 Å². The Balaban J connectivity index is 1.46. The number of allylic oxidation sites excluding steroid dienone is 1. The quantitative estimate of drug-likeness (QED) is 0.306. The lowest BCUT2D eigenvalue weighted by Gasteiger charge is -2.32. The number of amides is 1. The summed E-state index contributed by atoms with van der Waals surface area (Å²) in [4.78, 5) is 23.6. The zero-order valence-electron chi connectivity index (χ0n) is 19.1. The van der Waals surface area contributed by atoms with Crippen molar-refractivity contribution in [3.05, 3.63) is 98.4 Å². The van der Waals surface area contributed by atoms with E-state index in [9.17, 15) is 9.59 Å². The molecule has 1 amide bonds. The minimum atomic E-state index is -0.776. The topological polar surface area (TPSA) is 90.5 Å². The molecular formula is C27H27BrClN3O3. The smallest absolute Gasteiger partial charge is 0.303 e. The molecule has 0 radical (unpaired) electrons. The number of aliphatic carboxylic acids is 1. The van der Waals surface area contributed by atoms with E-state index in [1.807, 2.05) is 36.4 Å². The van der Waals surface area contributed by atoms with Gasteiger partial charge in [0.1, 0.15) is 0 Å². The van der Waals surface area contributed by atoms with Gasteiger partial charge in [0.15, 0.2) is 0 Å². The molecule has 2 aliphatic rings. The number of carboxylic acids is 1. The molecule has 1 atom stereocenters. The summed E-state index contributed by atoms with van der Waals surface area (Å²) in [5.74, 6) is -0.835. The van der Waals surface area contributed by atoms with Gasteiger partial charge in [-0.3, -0.25) is 9.59 Å². The molecule has 182 valence electrons. The monoisotopic (exact) mass is 555 g/mol. The lowest BCUT2D eigenvalue weighted by molar-refractivity contribution is -0.137. The predicted molar refractivity (Wildman–Crippen MR) is 141 cm³/mol. The number of nitrogens with one attached hydrogen (secondary N) is 3. The van der Waals surface area contributed by atoms with E-state index in [1.54, 1.807) is 6.07 Å². The van der Waals surface area contributed by atoms with E-state index in [0.717, 1.165) is 51.2 Å². The standard InChI is InChI=1S/C27H27BrClN3O3/c28-20-14-17(10-12-21(20)29)15-25(33)30-19-11-13-22-24(16-19)31-23(8-4-5-9-26(34)35)27(32-22)18-6-2-1-3-7-18/h1-3,6-7,10,12-14,16,19,31-32H,4-5,8-9,11,15H2,(H,30,33)(H,34,35). The second kappa shape index (κ2) is 11.6. The predicted octanol–water partition coefficient (Wildman–Crippen LogP) is 5.51. The maximum absolute atomic E-state index is 12.7. The van der Waals surface area contributed by atoms with Crippen LogP contribution in [0.3, 0.4) is 0 Å². The number of carbonyl (C=O) groups is 2. The van der Waals surface area contributed by atoms with E-state index in [4.69, 9.17) is 16.7 Å². The highest BCUT2D eigenvalue weighted by Crippen LogP contribution is 2.29. The Kier molecular flexibility index (Phi) is 8.31. The fourth-order valence-corrected chi connectivity index (χ4v) is 4.73. The van der Waals surface area contributed by atoms with Gasteiger partial charge in [-0.25, -0.2) is 0 Å². The largest absolute Gasteiger partial charge is 0.481 e. The second-order valence-corrected chi connectivity index (χ2v) is 9.87. The van der Waals surface area contributed by atoms with Crippen LogP contribution < -0.4 is 16.0 Å². The molecule has 6 nitrogen and oxygen atoms in total. The van der Waals surface area contributed by atoms with Crippen molar-refractivity contribution in [3.8, 4) is 0 Å². The Hall–Kier alpha value is -3.03. The Morgan fingerprint density at radius 1 is 1.09 bits per heavy atom. The van der Waals surface area contributed by atoms with Crippen molar-refractivity contribution in [3.63, 3.8) is 0 Å². The molecule has 0 saturated heterocycles. The normalized spacial score (nSPS) is 16.9. The average Bonchev–Trinajstić information content (AvgIpc) is 2.84. The molecule has 0 bridgehead atoms. The molecule has 1 aliphatic carbocycles. The number of halogens is 2. The molecule has 0 fully saturated rings. The first-order chi connectivity index (χ1) is 16.9. The molecule has 2 aromatic rings. The van der Waals surface area contributed by atoms with E-state index in [1.165, 1.54) is 0 Å². The van der Waals surface area contributed by atoms with Gasteiger partial charge in [-0.1, -0.05) is 54.1 Å². The second-order valence-electron chi connectivity index (χ2n) is 8.60. The third kappa shape index (κ3) is 6.77. The molecule has 1 aliphatic heterocycles. The summed E-state index contributed by atoms with van der Waals surface area (Å²) in [6, 6.07) is 15.4. The van der Waals surface area contributed by atoms with Crippen LogP contribution in [0.4, 0.5) is 0 Å². The van der Waals surface area contributed by atoms with Gasteiger partial charge >= 0.3 is 5.97 Å². The Bertz CT molecular complexity index is 1210.